The Kier molecular flexibility index (Phi) is 3.46. The first kappa shape index (κ1) is 11.4. The molecule has 0 spiro atoms. The van der Waals surface area contributed by atoms with Gasteiger partial charge in [0.1, 0.15) is 5.75 Å². The molecule has 0 saturated carbocycles. The molecule has 3 nitrogen and oxygen atoms in total. The lowest BCUT2D eigenvalue weighted by Crippen LogP contribution is -2.22. The summed E-state index contributed by atoms with van der Waals surface area (Å²) in [6.07, 6.45) is 1.07. The average molecular weight is 221 g/mol. The average Bonchev–Trinajstić information content (AvgIpc) is 2.70. The van der Waals surface area contributed by atoms with Gasteiger partial charge >= 0.3 is 0 Å². The minimum Gasteiger partial charge on any atom is -0.497 e. The standard InChI is InChI=1S/C13H19NO2/c1-14-8-7-11(9-15)13(14)10-3-5-12(16-2)6-4-10/h3-6,11,13,15H,7-9H2,1-2H3. The molecular weight excluding hydrogens is 202 g/mol. The van der Waals surface area contributed by atoms with Gasteiger partial charge in [-0.15, -0.1) is 0 Å². The third-order valence-corrected chi connectivity index (χ3v) is 3.47. The number of hydrogen-bond donors (Lipinski definition) is 1. The van der Waals surface area contributed by atoms with Gasteiger partial charge in [-0.1, -0.05) is 12.1 Å². The molecule has 0 aliphatic carbocycles. The first-order valence-electron chi connectivity index (χ1n) is 5.71. The van der Waals surface area contributed by atoms with E-state index in [4.69, 9.17) is 4.74 Å². The molecule has 1 aromatic carbocycles. The van der Waals surface area contributed by atoms with Crippen LogP contribution in [0, 0.1) is 5.92 Å². The van der Waals surface area contributed by atoms with Crippen molar-refractivity contribution in [2.24, 2.45) is 5.92 Å². The van der Waals surface area contributed by atoms with Gasteiger partial charge in [0.25, 0.3) is 0 Å². The Hall–Kier alpha value is -1.06. The number of benzene rings is 1. The Labute approximate surface area is 96.6 Å². The van der Waals surface area contributed by atoms with Gasteiger partial charge in [-0.3, -0.25) is 4.90 Å². The fourth-order valence-electron chi connectivity index (χ4n) is 2.55. The van der Waals surface area contributed by atoms with E-state index in [0.29, 0.717) is 12.0 Å². The molecule has 1 aliphatic heterocycles. The predicted molar refractivity (Wildman–Crippen MR) is 63.6 cm³/mol. The highest BCUT2D eigenvalue weighted by Crippen LogP contribution is 2.36. The number of nitrogens with zero attached hydrogens (tertiary/aromatic N) is 1. The zero-order valence-corrected chi connectivity index (χ0v) is 9.89. The largest absolute Gasteiger partial charge is 0.497 e. The van der Waals surface area contributed by atoms with E-state index in [1.54, 1.807) is 7.11 Å². The van der Waals surface area contributed by atoms with Gasteiger partial charge in [0, 0.05) is 18.6 Å². The summed E-state index contributed by atoms with van der Waals surface area (Å²) in [5.74, 6) is 1.24. The van der Waals surface area contributed by atoms with Crippen LogP contribution < -0.4 is 4.74 Å². The van der Waals surface area contributed by atoms with E-state index in [1.165, 1.54) is 5.56 Å². The highest BCUT2D eigenvalue weighted by atomic mass is 16.5. The van der Waals surface area contributed by atoms with Crippen LogP contribution in [0.5, 0.6) is 5.75 Å². The van der Waals surface area contributed by atoms with E-state index in [9.17, 15) is 5.11 Å². The molecule has 1 aliphatic rings. The molecule has 2 rings (SSSR count). The van der Waals surface area contributed by atoms with Gasteiger partial charge < -0.3 is 9.84 Å². The lowest BCUT2D eigenvalue weighted by molar-refractivity contribution is 0.182. The van der Waals surface area contributed by atoms with Crippen molar-refractivity contribution in [2.45, 2.75) is 12.5 Å². The van der Waals surface area contributed by atoms with Crippen LogP contribution in [0.4, 0.5) is 0 Å². The van der Waals surface area contributed by atoms with Crippen LogP contribution in [0.15, 0.2) is 24.3 Å². The van der Waals surface area contributed by atoms with Gasteiger partial charge in [0.05, 0.1) is 7.11 Å². The van der Waals surface area contributed by atoms with Gasteiger partial charge in [-0.05, 0) is 37.7 Å². The van der Waals surface area contributed by atoms with Crippen LogP contribution in [-0.2, 0) is 0 Å². The van der Waals surface area contributed by atoms with Crippen molar-refractivity contribution in [2.75, 3.05) is 27.3 Å². The SMILES string of the molecule is COc1ccc(C2C(CO)CCN2C)cc1. The molecule has 0 aromatic heterocycles. The fraction of sp³-hybridized carbons (Fsp3) is 0.538. The number of hydrogen-bond acceptors (Lipinski definition) is 3. The van der Waals surface area contributed by atoms with Crippen LogP contribution in [-0.4, -0.2) is 37.3 Å². The molecule has 0 amide bonds. The summed E-state index contributed by atoms with van der Waals surface area (Å²) in [5, 5.41) is 9.36. The summed E-state index contributed by atoms with van der Waals surface area (Å²) in [5.41, 5.74) is 1.26. The number of likely N-dealkylation sites (tertiary alicyclic amines) is 1. The Morgan fingerprint density at radius 1 is 1.38 bits per heavy atom. The molecule has 16 heavy (non-hydrogen) atoms. The van der Waals surface area contributed by atoms with Crippen LogP contribution >= 0.6 is 0 Å². The molecule has 2 atom stereocenters. The van der Waals surface area contributed by atoms with E-state index in [2.05, 4.69) is 24.1 Å². The molecule has 0 radical (unpaired) electrons. The van der Waals surface area contributed by atoms with Crippen molar-refractivity contribution in [3.05, 3.63) is 29.8 Å². The molecule has 2 unspecified atom stereocenters. The fourth-order valence-corrected chi connectivity index (χ4v) is 2.55. The Bertz CT molecular complexity index is 336. The van der Waals surface area contributed by atoms with Crippen molar-refractivity contribution < 1.29 is 9.84 Å². The minimum absolute atomic E-state index is 0.265. The summed E-state index contributed by atoms with van der Waals surface area (Å²) >= 11 is 0. The maximum atomic E-state index is 9.36. The topological polar surface area (TPSA) is 32.7 Å². The second-order valence-corrected chi connectivity index (χ2v) is 4.43. The predicted octanol–water partition coefficient (Wildman–Crippen LogP) is 1.68. The monoisotopic (exact) mass is 221 g/mol. The first-order chi connectivity index (χ1) is 7.76. The lowest BCUT2D eigenvalue weighted by atomic mass is 9.94. The van der Waals surface area contributed by atoms with E-state index in [-0.39, 0.29) is 6.61 Å². The third-order valence-electron chi connectivity index (χ3n) is 3.47. The highest BCUT2D eigenvalue weighted by Gasteiger charge is 2.32. The van der Waals surface area contributed by atoms with Gasteiger partial charge in [-0.25, -0.2) is 0 Å². The second kappa shape index (κ2) is 4.85. The van der Waals surface area contributed by atoms with Crippen LogP contribution in [0.2, 0.25) is 0 Å². The Balaban J connectivity index is 2.21. The lowest BCUT2D eigenvalue weighted by Gasteiger charge is -2.24. The quantitative estimate of drug-likeness (QED) is 0.843. The third kappa shape index (κ3) is 2.06. The van der Waals surface area contributed by atoms with E-state index < -0.39 is 0 Å². The molecule has 1 heterocycles. The molecule has 1 N–H and O–H groups in total. The van der Waals surface area contributed by atoms with Gasteiger partial charge in [0.15, 0.2) is 0 Å². The van der Waals surface area contributed by atoms with Crippen LogP contribution in [0.25, 0.3) is 0 Å². The normalized spacial score (nSPS) is 25.9. The maximum absolute atomic E-state index is 9.36. The van der Waals surface area contributed by atoms with Crippen molar-refractivity contribution in [1.82, 2.24) is 4.90 Å². The molecule has 1 fully saturated rings. The number of ether oxygens (including phenoxy) is 1. The number of rotatable bonds is 3. The molecule has 88 valence electrons. The van der Waals surface area contributed by atoms with Crippen molar-refractivity contribution in [1.29, 1.82) is 0 Å². The van der Waals surface area contributed by atoms with Crippen molar-refractivity contribution >= 4 is 0 Å². The van der Waals surface area contributed by atoms with Gasteiger partial charge in [-0.2, -0.15) is 0 Å². The summed E-state index contributed by atoms with van der Waals surface area (Å²) in [6, 6.07) is 8.49. The number of aliphatic hydroxyl groups is 1. The first-order valence-corrected chi connectivity index (χ1v) is 5.71. The summed E-state index contributed by atoms with van der Waals surface area (Å²) < 4.78 is 5.15. The smallest absolute Gasteiger partial charge is 0.118 e. The highest BCUT2D eigenvalue weighted by molar-refractivity contribution is 5.30. The molecule has 0 bridgehead atoms. The molecule has 3 heteroatoms. The van der Waals surface area contributed by atoms with Crippen LogP contribution in [0.3, 0.4) is 0 Å². The minimum atomic E-state index is 0.265. The number of methoxy groups -OCH3 is 1. The maximum Gasteiger partial charge on any atom is 0.118 e. The Morgan fingerprint density at radius 2 is 2.06 bits per heavy atom. The van der Waals surface area contributed by atoms with E-state index >= 15 is 0 Å². The Morgan fingerprint density at radius 3 is 2.62 bits per heavy atom. The van der Waals surface area contributed by atoms with Crippen molar-refractivity contribution in [3.63, 3.8) is 0 Å². The molecule has 1 aromatic rings. The summed E-state index contributed by atoms with van der Waals surface area (Å²) in [6.45, 7) is 1.32. The van der Waals surface area contributed by atoms with Crippen molar-refractivity contribution in [3.8, 4) is 5.75 Å². The van der Waals surface area contributed by atoms with Gasteiger partial charge in [0.2, 0.25) is 0 Å². The molecule has 1 saturated heterocycles. The van der Waals surface area contributed by atoms with E-state index in [0.717, 1.165) is 18.7 Å². The summed E-state index contributed by atoms with van der Waals surface area (Å²) in [7, 11) is 3.79. The zero-order valence-electron chi connectivity index (χ0n) is 9.89. The summed E-state index contributed by atoms with van der Waals surface area (Å²) in [4.78, 5) is 2.31. The number of aliphatic hydroxyl groups excluding tert-OH is 1. The molecular formula is C13H19NO2. The second-order valence-electron chi connectivity index (χ2n) is 4.43. The zero-order chi connectivity index (χ0) is 11.5. The van der Waals surface area contributed by atoms with E-state index in [1.807, 2.05) is 12.1 Å². The van der Waals surface area contributed by atoms with Crippen LogP contribution in [0.1, 0.15) is 18.0 Å².